The summed E-state index contributed by atoms with van der Waals surface area (Å²) >= 11 is 0. The van der Waals surface area contributed by atoms with Gasteiger partial charge in [0.1, 0.15) is 0 Å². The third-order valence-corrected chi connectivity index (χ3v) is 8.73. The molecule has 0 unspecified atom stereocenters. The molecule has 174 valence electrons. The predicted molar refractivity (Wildman–Crippen MR) is 148 cm³/mol. The highest BCUT2D eigenvalue weighted by atomic mass is 14.3. The van der Waals surface area contributed by atoms with Crippen molar-refractivity contribution in [3.63, 3.8) is 0 Å². The number of hydrogen-bond donors (Lipinski definition) is 0. The molecular formula is C34H38. The van der Waals surface area contributed by atoms with Gasteiger partial charge in [-0.25, -0.2) is 0 Å². The summed E-state index contributed by atoms with van der Waals surface area (Å²) < 4.78 is 0. The minimum Gasteiger partial charge on any atom is -0.0836 e. The van der Waals surface area contributed by atoms with E-state index in [9.17, 15) is 0 Å². The zero-order valence-corrected chi connectivity index (χ0v) is 21.4. The number of fused-ring (bicyclic) bond motifs is 4. The van der Waals surface area contributed by atoms with Gasteiger partial charge in [0.15, 0.2) is 0 Å². The molecule has 0 bridgehead atoms. The molecule has 0 saturated heterocycles. The molecule has 3 aromatic rings. The van der Waals surface area contributed by atoms with Crippen LogP contribution in [0.1, 0.15) is 99.5 Å². The zero-order valence-electron chi connectivity index (χ0n) is 21.4. The minimum atomic E-state index is 0.179. The van der Waals surface area contributed by atoms with Crippen LogP contribution in [-0.4, -0.2) is 0 Å². The second-order valence-electron chi connectivity index (χ2n) is 11.9. The molecule has 0 amide bonds. The van der Waals surface area contributed by atoms with Crippen molar-refractivity contribution in [1.82, 2.24) is 0 Å². The summed E-state index contributed by atoms with van der Waals surface area (Å²) in [7, 11) is 0. The smallest absolute Gasteiger partial charge is 0.00639 e. The van der Waals surface area contributed by atoms with Gasteiger partial charge in [0.05, 0.1) is 0 Å². The van der Waals surface area contributed by atoms with Gasteiger partial charge >= 0.3 is 0 Å². The summed E-state index contributed by atoms with van der Waals surface area (Å²) in [6.07, 6.45) is 15.1. The van der Waals surface area contributed by atoms with Crippen molar-refractivity contribution in [3.8, 4) is 11.1 Å². The Morgan fingerprint density at radius 1 is 0.824 bits per heavy atom. The standard InChI is InChI=1S/C34H38/c1-22-21-31(24-13-16-26(17-14-24)34(2,3)4)33-29-18-15-23-9-7-8-12-27(23)28(29)19-20-30(33)32(22)25-10-5-6-11-25/h8,12-14,16-17,19-21,25H,5-7,9-11,15,18H2,1-4H3. The summed E-state index contributed by atoms with van der Waals surface area (Å²) in [5, 5.41) is 3.07. The fraction of sp³-hybridized carbons (Fsp3) is 0.412. The van der Waals surface area contributed by atoms with E-state index in [0.717, 1.165) is 5.92 Å². The highest BCUT2D eigenvalue weighted by Crippen LogP contribution is 2.47. The van der Waals surface area contributed by atoms with E-state index in [-0.39, 0.29) is 5.41 Å². The SMILES string of the molecule is Cc1cc(-c2ccc(C(C)(C)C)cc2)c2c3c(ccc2c1C1CCCC1)C1=C(CCC=C1)CC3. The molecule has 34 heavy (non-hydrogen) atoms. The first-order valence-electron chi connectivity index (χ1n) is 13.5. The summed E-state index contributed by atoms with van der Waals surface area (Å²) in [4.78, 5) is 0. The lowest BCUT2D eigenvalue weighted by Crippen LogP contribution is -2.10. The first-order chi connectivity index (χ1) is 16.4. The Hall–Kier alpha value is -2.60. The molecule has 0 atom stereocenters. The van der Waals surface area contributed by atoms with Crippen molar-refractivity contribution >= 4 is 16.3 Å². The van der Waals surface area contributed by atoms with Crippen LogP contribution in [0.25, 0.3) is 27.5 Å². The van der Waals surface area contributed by atoms with Crippen molar-refractivity contribution in [3.05, 3.63) is 88.0 Å². The average Bonchev–Trinajstić information content (AvgIpc) is 3.37. The van der Waals surface area contributed by atoms with E-state index in [1.54, 1.807) is 22.1 Å². The number of aryl methyl sites for hydroxylation is 2. The lowest BCUT2D eigenvalue weighted by atomic mass is 9.76. The van der Waals surface area contributed by atoms with Crippen LogP contribution in [0.5, 0.6) is 0 Å². The fourth-order valence-corrected chi connectivity index (χ4v) is 6.93. The summed E-state index contributed by atoms with van der Waals surface area (Å²) in [5.41, 5.74) is 13.8. The summed E-state index contributed by atoms with van der Waals surface area (Å²) in [6.45, 7) is 9.27. The number of allylic oxidation sites excluding steroid dienone is 4. The Balaban J connectivity index is 1.62. The van der Waals surface area contributed by atoms with Gasteiger partial charge in [-0.15, -0.1) is 0 Å². The minimum absolute atomic E-state index is 0.179. The number of rotatable bonds is 2. The van der Waals surface area contributed by atoms with E-state index in [1.165, 1.54) is 90.1 Å². The molecule has 6 rings (SSSR count). The molecule has 0 N–H and O–H groups in total. The van der Waals surface area contributed by atoms with E-state index >= 15 is 0 Å². The van der Waals surface area contributed by atoms with Crippen LogP contribution >= 0.6 is 0 Å². The normalized spacial score (nSPS) is 18.5. The Morgan fingerprint density at radius 2 is 1.59 bits per heavy atom. The lowest BCUT2D eigenvalue weighted by Gasteiger charge is -2.28. The van der Waals surface area contributed by atoms with E-state index in [1.807, 2.05) is 0 Å². The topological polar surface area (TPSA) is 0 Å². The largest absolute Gasteiger partial charge is 0.0836 e. The van der Waals surface area contributed by atoms with Crippen LogP contribution in [0.4, 0.5) is 0 Å². The molecule has 3 aliphatic rings. The van der Waals surface area contributed by atoms with Gasteiger partial charge in [0.25, 0.3) is 0 Å². The molecule has 1 saturated carbocycles. The Bertz CT molecular complexity index is 1320. The molecule has 0 spiro atoms. The fourth-order valence-electron chi connectivity index (χ4n) is 6.93. The number of benzene rings is 3. The molecule has 0 heterocycles. The molecule has 0 radical (unpaired) electrons. The van der Waals surface area contributed by atoms with E-state index < -0.39 is 0 Å². The highest BCUT2D eigenvalue weighted by Gasteiger charge is 2.27. The predicted octanol–water partition coefficient (Wildman–Crippen LogP) is 9.82. The highest BCUT2D eigenvalue weighted by molar-refractivity contribution is 6.05. The van der Waals surface area contributed by atoms with Crippen molar-refractivity contribution in [2.75, 3.05) is 0 Å². The van der Waals surface area contributed by atoms with Gasteiger partial charge in [-0.2, -0.15) is 0 Å². The first kappa shape index (κ1) is 21.9. The molecule has 1 fully saturated rings. The quantitative estimate of drug-likeness (QED) is 0.367. The molecule has 3 aliphatic carbocycles. The van der Waals surface area contributed by atoms with Gasteiger partial charge in [-0.3, -0.25) is 0 Å². The van der Waals surface area contributed by atoms with Crippen LogP contribution in [0.15, 0.2) is 60.2 Å². The Kier molecular flexibility index (Phi) is 5.32. The summed E-state index contributed by atoms with van der Waals surface area (Å²) in [5.74, 6) is 0.728. The third kappa shape index (κ3) is 3.58. The second kappa shape index (κ2) is 8.26. The van der Waals surface area contributed by atoms with Gasteiger partial charge in [-0.1, -0.05) is 93.8 Å². The van der Waals surface area contributed by atoms with Gasteiger partial charge < -0.3 is 0 Å². The third-order valence-electron chi connectivity index (χ3n) is 8.73. The monoisotopic (exact) mass is 446 g/mol. The van der Waals surface area contributed by atoms with Crippen LogP contribution in [0.2, 0.25) is 0 Å². The maximum atomic E-state index is 2.53. The number of hydrogen-bond acceptors (Lipinski definition) is 0. The Labute approximate surface area is 205 Å². The van der Waals surface area contributed by atoms with Crippen LogP contribution < -0.4 is 0 Å². The van der Waals surface area contributed by atoms with E-state index in [0.29, 0.717) is 0 Å². The van der Waals surface area contributed by atoms with Crippen LogP contribution in [0, 0.1) is 6.92 Å². The van der Waals surface area contributed by atoms with Crippen molar-refractivity contribution in [2.45, 2.75) is 90.4 Å². The van der Waals surface area contributed by atoms with E-state index in [4.69, 9.17) is 0 Å². The maximum absolute atomic E-state index is 2.53. The van der Waals surface area contributed by atoms with Crippen molar-refractivity contribution < 1.29 is 0 Å². The lowest BCUT2D eigenvalue weighted by molar-refractivity contribution is 0.590. The van der Waals surface area contributed by atoms with Crippen LogP contribution in [-0.2, 0) is 11.8 Å². The average molecular weight is 447 g/mol. The molecule has 0 aliphatic heterocycles. The van der Waals surface area contributed by atoms with E-state index in [2.05, 4.69) is 82.3 Å². The second-order valence-corrected chi connectivity index (χ2v) is 11.9. The maximum Gasteiger partial charge on any atom is -0.00639 e. The van der Waals surface area contributed by atoms with Crippen molar-refractivity contribution in [2.24, 2.45) is 0 Å². The van der Waals surface area contributed by atoms with Gasteiger partial charge in [0.2, 0.25) is 0 Å². The molecule has 0 nitrogen and oxygen atoms in total. The summed E-state index contributed by atoms with van der Waals surface area (Å²) in [6, 6.07) is 16.9. The molecular weight excluding hydrogens is 408 g/mol. The van der Waals surface area contributed by atoms with Crippen molar-refractivity contribution in [1.29, 1.82) is 0 Å². The zero-order chi connectivity index (χ0) is 23.4. The molecule has 3 aromatic carbocycles. The first-order valence-corrected chi connectivity index (χ1v) is 13.5. The Morgan fingerprint density at radius 3 is 2.32 bits per heavy atom. The van der Waals surface area contributed by atoms with Gasteiger partial charge in [-0.05, 0) is 112 Å². The molecule has 0 aromatic heterocycles. The van der Waals surface area contributed by atoms with Crippen LogP contribution in [0.3, 0.4) is 0 Å². The molecule has 0 heteroatoms. The van der Waals surface area contributed by atoms with Gasteiger partial charge in [0, 0.05) is 0 Å².